The highest BCUT2D eigenvalue weighted by molar-refractivity contribution is 7.91. The molecule has 0 amide bonds. The summed E-state index contributed by atoms with van der Waals surface area (Å²) in [4.78, 5) is 0. The van der Waals surface area contributed by atoms with Gasteiger partial charge in [-0.3, -0.25) is 0 Å². The van der Waals surface area contributed by atoms with E-state index in [0.717, 1.165) is 29.7 Å². The lowest BCUT2D eigenvalue weighted by Gasteiger charge is -2.14. The molecule has 2 aromatic rings. The Morgan fingerprint density at radius 3 is 2.71 bits per heavy atom. The van der Waals surface area contributed by atoms with Crippen molar-refractivity contribution in [1.29, 1.82) is 0 Å². The van der Waals surface area contributed by atoms with E-state index in [-0.39, 0.29) is 0 Å². The third-order valence-electron chi connectivity index (χ3n) is 4.15. The maximum absolute atomic E-state index is 12.1. The Labute approximate surface area is 125 Å². The van der Waals surface area contributed by atoms with Crippen molar-refractivity contribution in [1.82, 2.24) is 14.5 Å². The minimum atomic E-state index is -3.22. The van der Waals surface area contributed by atoms with Crippen molar-refractivity contribution in [3.63, 3.8) is 0 Å². The van der Waals surface area contributed by atoms with E-state index in [4.69, 9.17) is 0 Å². The van der Waals surface area contributed by atoms with Crippen molar-refractivity contribution in [3.05, 3.63) is 47.8 Å². The molecule has 1 aliphatic carbocycles. The van der Waals surface area contributed by atoms with E-state index in [9.17, 15) is 8.42 Å². The Morgan fingerprint density at radius 1 is 1.38 bits per heavy atom. The molecule has 5 nitrogen and oxygen atoms in total. The van der Waals surface area contributed by atoms with Gasteiger partial charge in [0.05, 0.1) is 10.4 Å². The van der Waals surface area contributed by atoms with E-state index in [2.05, 4.69) is 9.82 Å². The first-order chi connectivity index (χ1) is 9.91. The van der Waals surface area contributed by atoms with Gasteiger partial charge in [-0.2, -0.15) is 5.10 Å². The van der Waals surface area contributed by atoms with Crippen LogP contribution in [0.4, 0.5) is 0 Å². The molecule has 1 heterocycles. The Bertz CT molecular complexity index is 747. The van der Waals surface area contributed by atoms with E-state index < -0.39 is 14.8 Å². The predicted octanol–water partition coefficient (Wildman–Crippen LogP) is 2.15. The van der Waals surface area contributed by atoms with Crippen LogP contribution in [0, 0.1) is 6.92 Å². The fraction of sp³-hybridized carbons (Fsp3) is 0.400. The fourth-order valence-corrected chi connectivity index (χ4v) is 3.57. The van der Waals surface area contributed by atoms with Gasteiger partial charge in [0, 0.05) is 18.9 Å². The molecule has 112 valence electrons. The summed E-state index contributed by atoms with van der Waals surface area (Å²) in [6, 6.07) is 7.77. The van der Waals surface area contributed by atoms with Crippen LogP contribution in [0.15, 0.2) is 36.7 Å². The van der Waals surface area contributed by atoms with Gasteiger partial charge < -0.3 is 0 Å². The topological polar surface area (TPSA) is 64.0 Å². The average molecular weight is 305 g/mol. The number of rotatable bonds is 5. The minimum absolute atomic E-state index is 0.336. The SMILES string of the molecule is Cc1cc(-n2cccn2)ccc1CNS(=O)(=O)C1(C)CC1. The standard InChI is InChI=1S/C15H19N3O2S/c1-12-10-14(18-9-3-8-16-18)5-4-13(12)11-17-21(19,20)15(2)6-7-15/h3-5,8-10,17H,6-7,11H2,1-2H3. The van der Waals surface area contributed by atoms with Crippen LogP contribution < -0.4 is 4.72 Å². The Morgan fingerprint density at radius 2 is 2.14 bits per heavy atom. The summed E-state index contributed by atoms with van der Waals surface area (Å²) >= 11 is 0. The van der Waals surface area contributed by atoms with Crippen LogP contribution >= 0.6 is 0 Å². The molecule has 1 aliphatic rings. The summed E-state index contributed by atoms with van der Waals surface area (Å²) in [5.74, 6) is 0. The average Bonchev–Trinajstić information content (AvgIpc) is 3.01. The minimum Gasteiger partial charge on any atom is -0.241 e. The molecule has 0 saturated heterocycles. The lowest BCUT2D eigenvalue weighted by atomic mass is 10.1. The summed E-state index contributed by atoms with van der Waals surface area (Å²) in [5.41, 5.74) is 3.00. The van der Waals surface area contributed by atoms with Crippen molar-refractivity contribution >= 4 is 10.0 Å². The Kier molecular flexibility index (Phi) is 3.37. The number of nitrogens with zero attached hydrogens (tertiary/aromatic N) is 2. The van der Waals surface area contributed by atoms with Crippen molar-refractivity contribution in [2.75, 3.05) is 0 Å². The van der Waals surface area contributed by atoms with E-state index in [0.29, 0.717) is 6.54 Å². The van der Waals surface area contributed by atoms with Crippen LogP contribution in [0.25, 0.3) is 5.69 Å². The van der Waals surface area contributed by atoms with Gasteiger partial charge in [-0.05, 0) is 56.0 Å². The highest BCUT2D eigenvalue weighted by atomic mass is 32.2. The summed E-state index contributed by atoms with van der Waals surface area (Å²) < 4.78 is 28.2. The van der Waals surface area contributed by atoms with Gasteiger partial charge in [0.2, 0.25) is 10.0 Å². The van der Waals surface area contributed by atoms with Crippen LogP contribution in [-0.4, -0.2) is 22.9 Å². The smallest absolute Gasteiger partial charge is 0.217 e. The number of aromatic nitrogens is 2. The normalized spacial score (nSPS) is 16.9. The zero-order valence-corrected chi connectivity index (χ0v) is 13.0. The van der Waals surface area contributed by atoms with Crippen molar-refractivity contribution in [2.24, 2.45) is 0 Å². The van der Waals surface area contributed by atoms with Gasteiger partial charge >= 0.3 is 0 Å². The van der Waals surface area contributed by atoms with Crippen LogP contribution in [0.1, 0.15) is 30.9 Å². The van der Waals surface area contributed by atoms with E-state index >= 15 is 0 Å². The molecule has 1 fully saturated rings. The maximum Gasteiger partial charge on any atom is 0.217 e. The first-order valence-corrected chi connectivity index (χ1v) is 8.48. The molecular weight excluding hydrogens is 286 g/mol. The maximum atomic E-state index is 12.1. The van der Waals surface area contributed by atoms with Crippen molar-refractivity contribution < 1.29 is 8.42 Å². The highest BCUT2D eigenvalue weighted by Crippen LogP contribution is 2.42. The van der Waals surface area contributed by atoms with Gasteiger partial charge in [0.15, 0.2) is 0 Å². The predicted molar refractivity (Wildman–Crippen MR) is 81.7 cm³/mol. The van der Waals surface area contributed by atoms with E-state index in [1.165, 1.54) is 0 Å². The first kappa shape index (κ1) is 14.3. The Balaban J connectivity index is 1.75. The molecule has 3 rings (SSSR count). The summed E-state index contributed by atoms with van der Waals surface area (Å²) in [7, 11) is -3.22. The molecular formula is C15H19N3O2S. The molecule has 1 N–H and O–H groups in total. The number of hydrogen-bond acceptors (Lipinski definition) is 3. The second-order valence-corrected chi connectivity index (χ2v) is 8.12. The van der Waals surface area contributed by atoms with Crippen LogP contribution in [0.3, 0.4) is 0 Å². The quantitative estimate of drug-likeness (QED) is 0.920. The number of nitrogens with one attached hydrogen (secondary N) is 1. The second kappa shape index (κ2) is 4.96. The fourth-order valence-electron chi connectivity index (χ4n) is 2.23. The van der Waals surface area contributed by atoms with Crippen LogP contribution in [-0.2, 0) is 16.6 Å². The lowest BCUT2D eigenvalue weighted by molar-refractivity contribution is 0.566. The van der Waals surface area contributed by atoms with Crippen molar-refractivity contribution in [3.8, 4) is 5.69 Å². The summed E-state index contributed by atoms with van der Waals surface area (Å²) in [6.07, 6.45) is 5.11. The number of benzene rings is 1. The molecule has 1 aromatic carbocycles. The Hall–Kier alpha value is -1.66. The van der Waals surface area contributed by atoms with Crippen LogP contribution in [0.2, 0.25) is 0 Å². The number of sulfonamides is 1. The lowest BCUT2D eigenvalue weighted by Crippen LogP contribution is -2.33. The molecule has 0 atom stereocenters. The molecule has 0 unspecified atom stereocenters. The van der Waals surface area contributed by atoms with Crippen LogP contribution in [0.5, 0.6) is 0 Å². The molecule has 0 radical (unpaired) electrons. The third-order valence-corrected chi connectivity index (χ3v) is 6.38. The molecule has 21 heavy (non-hydrogen) atoms. The number of hydrogen-bond donors (Lipinski definition) is 1. The van der Waals surface area contributed by atoms with Gasteiger partial charge in [-0.25, -0.2) is 17.8 Å². The molecule has 1 saturated carbocycles. The number of aryl methyl sites for hydroxylation is 1. The van der Waals surface area contributed by atoms with Gasteiger partial charge in [0.25, 0.3) is 0 Å². The molecule has 6 heteroatoms. The molecule has 0 bridgehead atoms. The highest BCUT2D eigenvalue weighted by Gasteiger charge is 2.49. The summed E-state index contributed by atoms with van der Waals surface area (Å²) in [6.45, 7) is 4.11. The van der Waals surface area contributed by atoms with Gasteiger partial charge in [0.1, 0.15) is 0 Å². The summed E-state index contributed by atoms with van der Waals surface area (Å²) in [5, 5.41) is 4.19. The second-order valence-electron chi connectivity index (χ2n) is 5.84. The van der Waals surface area contributed by atoms with Gasteiger partial charge in [-0.1, -0.05) is 6.07 Å². The largest absolute Gasteiger partial charge is 0.241 e. The monoisotopic (exact) mass is 305 g/mol. The van der Waals surface area contributed by atoms with Crippen molar-refractivity contribution in [2.45, 2.75) is 38.0 Å². The molecule has 1 aromatic heterocycles. The van der Waals surface area contributed by atoms with Gasteiger partial charge in [-0.15, -0.1) is 0 Å². The van der Waals surface area contributed by atoms with E-state index in [1.54, 1.807) is 17.8 Å². The third kappa shape index (κ3) is 2.73. The molecule has 0 spiro atoms. The zero-order chi connectivity index (χ0) is 15.1. The van der Waals surface area contributed by atoms with E-state index in [1.807, 2.05) is 37.4 Å². The molecule has 0 aliphatic heterocycles. The first-order valence-electron chi connectivity index (χ1n) is 7.00. The zero-order valence-electron chi connectivity index (χ0n) is 12.2.